The number of hydrogen-bond acceptors (Lipinski definition) is 2. The highest BCUT2D eigenvalue weighted by Crippen LogP contribution is 2.08. The summed E-state index contributed by atoms with van der Waals surface area (Å²) < 4.78 is 0. The summed E-state index contributed by atoms with van der Waals surface area (Å²) in [6.45, 7) is 7.13. The third-order valence-electron chi connectivity index (χ3n) is 2.65. The van der Waals surface area contributed by atoms with Crippen molar-refractivity contribution in [3.63, 3.8) is 0 Å². The first-order valence-corrected chi connectivity index (χ1v) is 6.59. The molecule has 0 radical (unpaired) electrons. The van der Waals surface area contributed by atoms with Gasteiger partial charge in [0.05, 0.1) is 0 Å². The molecule has 15 heavy (non-hydrogen) atoms. The van der Waals surface area contributed by atoms with Crippen LogP contribution in [-0.4, -0.2) is 24.8 Å². The van der Waals surface area contributed by atoms with Gasteiger partial charge in [-0.05, 0) is 38.3 Å². The van der Waals surface area contributed by atoms with Gasteiger partial charge in [0, 0.05) is 6.61 Å². The van der Waals surface area contributed by atoms with Crippen molar-refractivity contribution in [2.45, 2.75) is 58.8 Å². The van der Waals surface area contributed by atoms with Crippen molar-refractivity contribution >= 4 is 0 Å². The molecule has 0 spiro atoms. The molecule has 0 unspecified atom stereocenters. The van der Waals surface area contributed by atoms with Gasteiger partial charge in [0.25, 0.3) is 0 Å². The molecule has 0 aliphatic carbocycles. The van der Waals surface area contributed by atoms with Crippen LogP contribution >= 0.6 is 0 Å². The zero-order chi connectivity index (χ0) is 11.4. The molecule has 0 rings (SSSR count). The van der Waals surface area contributed by atoms with E-state index in [9.17, 15) is 0 Å². The molecule has 0 bridgehead atoms. The molecular weight excluding hydrogens is 186 g/mol. The van der Waals surface area contributed by atoms with E-state index in [0.717, 1.165) is 31.8 Å². The molecule has 0 aromatic heterocycles. The Hall–Kier alpha value is -0.0800. The van der Waals surface area contributed by atoms with Gasteiger partial charge < -0.3 is 10.4 Å². The molecule has 2 nitrogen and oxygen atoms in total. The normalized spacial score (nSPS) is 11.2. The van der Waals surface area contributed by atoms with Crippen LogP contribution in [0.2, 0.25) is 0 Å². The molecule has 0 aromatic rings. The molecule has 0 atom stereocenters. The van der Waals surface area contributed by atoms with E-state index in [1.807, 2.05) is 0 Å². The van der Waals surface area contributed by atoms with Gasteiger partial charge in [-0.1, -0.05) is 39.5 Å². The fourth-order valence-corrected chi connectivity index (χ4v) is 1.64. The van der Waals surface area contributed by atoms with Gasteiger partial charge in [0.1, 0.15) is 0 Å². The lowest BCUT2D eigenvalue weighted by molar-refractivity contribution is 0.283. The van der Waals surface area contributed by atoms with Crippen molar-refractivity contribution in [2.24, 2.45) is 5.92 Å². The second-order valence-electron chi connectivity index (χ2n) is 4.78. The number of unbranched alkanes of at least 4 members (excludes halogenated alkanes) is 4. The van der Waals surface area contributed by atoms with E-state index in [-0.39, 0.29) is 0 Å². The van der Waals surface area contributed by atoms with Gasteiger partial charge in [-0.3, -0.25) is 0 Å². The molecule has 0 aliphatic heterocycles. The van der Waals surface area contributed by atoms with Gasteiger partial charge in [0.15, 0.2) is 0 Å². The number of rotatable bonds is 11. The lowest BCUT2D eigenvalue weighted by Gasteiger charge is -2.05. The second kappa shape index (κ2) is 12.0. The first-order valence-electron chi connectivity index (χ1n) is 6.59. The van der Waals surface area contributed by atoms with Crippen molar-refractivity contribution < 1.29 is 5.11 Å². The minimum absolute atomic E-state index is 0.330. The van der Waals surface area contributed by atoms with Gasteiger partial charge >= 0.3 is 0 Å². The molecule has 0 heterocycles. The van der Waals surface area contributed by atoms with Crippen molar-refractivity contribution in [2.75, 3.05) is 19.7 Å². The summed E-state index contributed by atoms with van der Waals surface area (Å²) >= 11 is 0. The zero-order valence-corrected chi connectivity index (χ0v) is 10.6. The van der Waals surface area contributed by atoms with Crippen LogP contribution in [-0.2, 0) is 0 Å². The maximum absolute atomic E-state index is 8.58. The minimum Gasteiger partial charge on any atom is -0.396 e. The Bertz CT molecular complexity index is 115. The molecule has 0 fully saturated rings. The van der Waals surface area contributed by atoms with Gasteiger partial charge in [-0.15, -0.1) is 0 Å². The number of hydrogen-bond donors (Lipinski definition) is 2. The molecule has 0 saturated heterocycles. The van der Waals surface area contributed by atoms with Crippen LogP contribution in [0.3, 0.4) is 0 Å². The molecule has 0 saturated carbocycles. The monoisotopic (exact) mass is 215 g/mol. The molecule has 92 valence electrons. The number of nitrogens with one attached hydrogen (secondary N) is 1. The SMILES string of the molecule is CC(C)CCCCCCNCCCCO. The highest BCUT2D eigenvalue weighted by atomic mass is 16.2. The van der Waals surface area contributed by atoms with Crippen LogP contribution in [0.5, 0.6) is 0 Å². The summed E-state index contributed by atoms with van der Waals surface area (Å²) in [4.78, 5) is 0. The number of aliphatic hydroxyl groups is 1. The van der Waals surface area contributed by atoms with Crippen molar-refractivity contribution in [3.8, 4) is 0 Å². The van der Waals surface area contributed by atoms with E-state index >= 15 is 0 Å². The fraction of sp³-hybridized carbons (Fsp3) is 1.00. The molecule has 0 aromatic carbocycles. The largest absolute Gasteiger partial charge is 0.396 e. The summed E-state index contributed by atoms with van der Waals surface area (Å²) in [5.74, 6) is 0.863. The van der Waals surface area contributed by atoms with Crippen LogP contribution in [0.4, 0.5) is 0 Å². The summed E-state index contributed by atoms with van der Waals surface area (Å²) in [5, 5.41) is 12.0. The van der Waals surface area contributed by atoms with Crippen LogP contribution in [0.1, 0.15) is 58.8 Å². The highest BCUT2D eigenvalue weighted by molar-refractivity contribution is 4.51. The van der Waals surface area contributed by atoms with Crippen molar-refractivity contribution in [3.05, 3.63) is 0 Å². The summed E-state index contributed by atoms with van der Waals surface area (Å²) in [7, 11) is 0. The second-order valence-corrected chi connectivity index (χ2v) is 4.78. The molecule has 2 heteroatoms. The first-order chi connectivity index (χ1) is 7.27. The predicted octanol–water partition coefficient (Wildman–Crippen LogP) is 2.96. The summed E-state index contributed by atoms with van der Waals surface area (Å²) in [5.41, 5.74) is 0. The minimum atomic E-state index is 0.330. The van der Waals surface area contributed by atoms with Crippen molar-refractivity contribution in [1.82, 2.24) is 5.32 Å². The first kappa shape index (κ1) is 14.9. The van der Waals surface area contributed by atoms with Crippen LogP contribution in [0.15, 0.2) is 0 Å². The maximum atomic E-state index is 8.58. The highest BCUT2D eigenvalue weighted by Gasteiger charge is 1.94. The van der Waals surface area contributed by atoms with Crippen LogP contribution in [0, 0.1) is 5.92 Å². The predicted molar refractivity (Wildman–Crippen MR) is 67.1 cm³/mol. The molecule has 2 N–H and O–H groups in total. The van der Waals surface area contributed by atoms with Crippen LogP contribution in [0.25, 0.3) is 0 Å². The molecular formula is C13H29NO. The third kappa shape index (κ3) is 13.9. The average Bonchev–Trinajstić information content (AvgIpc) is 2.20. The standard InChI is InChI=1S/C13H29NO/c1-13(2)9-5-3-4-6-10-14-11-7-8-12-15/h13-15H,3-12H2,1-2H3. The zero-order valence-electron chi connectivity index (χ0n) is 10.6. The Labute approximate surface area is 95.5 Å². The Morgan fingerprint density at radius 2 is 1.47 bits per heavy atom. The van der Waals surface area contributed by atoms with E-state index in [1.54, 1.807) is 0 Å². The fourth-order valence-electron chi connectivity index (χ4n) is 1.64. The van der Waals surface area contributed by atoms with E-state index < -0.39 is 0 Å². The topological polar surface area (TPSA) is 32.3 Å². The lowest BCUT2D eigenvalue weighted by atomic mass is 10.0. The Morgan fingerprint density at radius 1 is 0.867 bits per heavy atom. The Kier molecular flexibility index (Phi) is 11.9. The lowest BCUT2D eigenvalue weighted by Crippen LogP contribution is -2.16. The van der Waals surface area contributed by atoms with E-state index in [0.29, 0.717) is 6.61 Å². The van der Waals surface area contributed by atoms with E-state index in [2.05, 4.69) is 19.2 Å². The molecule has 0 aliphatic rings. The van der Waals surface area contributed by atoms with E-state index in [4.69, 9.17) is 5.11 Å². The van der Waals surface area contributed by atoms with Crippen molar-refractivity contribution in [1.29, 1.82) is 0 Å². The van der Waals surface area contributed by atoms with Crippen LogP contribution < -0.4 is 5.32 Å². The van der Waals surface area contributed by atoms with Gasteiger partial charge in [-0.2, -0.15) is 0 Å². The summed E-state index contributed by atoms with van der Waals surface area (Å²) in [6, 6.07) is 0. The average molecular weight is 215 g/mol. The molecule has 0 amide bonds. The summed E-state index contributed by atoms with van der Waals surface area (Å²) in [6.07, 6.45) is 8.85. The quantitative estimate of drug-likeness (QED) is 0.519. The van der Waals surface area contributed by atoms with Gasteiger partial charge in [-0.25, -0.2) is 0 Å². The number of aliphatic hydroxyl groups excluding tert-OH is 1. The Balaban J connectivity index is 2.87. The van der Waals surface area contributed by atoms with Gasteiger partial charge in [0.2, 0.25) is 0 Å². The smallest absolute Gasteiger partial charge is 0.0431 e. The maximum Gasteiger partial charge on any atom is 0.0431 e. The third-order valence-corrected chi connectivity index (χ3v) is 2.65. The van der Waals surface area contributed by atoms with E-state index in [1.165, 1.54) is 32.1 Å². The Morgan fingerprint density at radius 3 is 2.07 bits per heavy atom.